The lowest BCUT2D eigenvalue weighted by Crippen LogP contribution is -2.38. The second-order valence-corrected chi connectivity index (χ2v) is 8.75. The minimum atomic E-state index is -1.22. The van der Waals surface area contributed by atoms with Crippen molar-refractivity contribution in [3.05, 3.63) is 26.9 Å². The smallest absolute Gasteiger partial charge is 0.344 e. The Kier molecular flexibility index (Phi) is 8.07. The molecule has 0 aliphatic carbocycles. The number of carbonyl (C=O) groups excluding carboxylic acids is 1. The molecule has 1 aliphatic rings. The van der Waals surface area contributed by atoms with Crippen molar-refractivity contribution in [1.82, 2.24) is 14.6 Å². The van der Waals surface area contributed by atoms with Crippen LogP contribution in [0.4, 0.5) is 9.80 Å². The number of carbonyl (C=O) groups is 2. The summed E-state index contributed by atoms with van der Waals surface area (Å²) in [4.78, 5) is 26.8. The molecule has 0 aromatic carbocycles. The summed E-state index contributed by atoms with van der Waals surface area (Å²) < 4.78 is 15.4. The van der Waals surface area contributed by atoms with E-state index in [-0.39, 0.29) is 23.1 Å². The molecule has 12 heteroatoms. The molecule has 0 atom stereocenters. The van der Waals surface area contributed by atoms with E-state index < -0.39 is 12.0 Å². The monoisotopic (exact) mass is 460 g/mol. The van der Waals surface area contributed by atoms with Gasteiger partial charge in [-0.25, -0.2) is 9.59 Å². The van der Waals surface area contributed by atoms with Crippen molar-refractivity contribution in [1.29, 1.82) is 0 Å². The number of carboxylic acid groups (broad SMARTS) is 1. The molecule has 1 saturated heterocycles. The van der Waals surface area contributed by atoms with Gasteiger partial charge in [-0.05, 0) is 36.6 Å². The average molecular weight is 461 g/mol. The SMILES string of the molecule is O=C(NCCCN1CCOCC1)Nc1snc(OCc2ccc(Cl)s2)c1C(=O)O. The van der Waals surface area contributed by atoms with Crippen LogP contribution in [-0.2, 0) is 11.3 Å². The standard InChI is InChI=1S/C17H21ClN4O5S2/c18-12-3-2-11(28-12)10-27-14-13(16(23)24)15(29-21-14)20-17(25)19-4-1-5-22-6-8-26-9-7-22/h2-3H,1,4-10H2,(H,23,24)(H2,19,20,25). The van der Waals surface area contributed by atoms with Crippen molar-refractivity contribution in [2.45, 2.75) is 13.0 Å². The van der Waals surface area contributed by atoms with Crippen molar-refractivity contribution < 1.29 is 24.2 Å². The molecule has 1 aliphatic heterocycles. The summed E-state index contributed by atoms with van der Waals surface area (Å²) in [7, 11) is 0. The van der Waals surface area contributed by atoms with Crippen LogP contribution in [0.15, 0.2) is 12.1 Å². The van der Waals surface area contributed by atoms with Gasteiger partial charge in [0.05, 0.1) is 17.6 Å². The number of hydrogen-bond donors (Lipinski definition) is 3. The zero-order valence-electron chi connectivity index (χ0n) is 15.5. The number of nitrogens with zero attached hydrogens (tertiary/aromatic N) is 2. The van der Waals surface area contributed by atoms with Crippen LogP contribution < -0.4 is 15.4 Å². The first kappa shape index (κ1) is 21.8. The Morgan fingerprint density at radius 3 is 2.83 bits per heavy atom. The molecule has 29 heavy (non-hydrogen) atoms. The second kappa shape index (κ2) is 10.7. The highest BCUT2D eigenvalue weighted by Gasteiger charge is 2.23. The van der Waals surface area contributed by atoms with Gasteiger partial charge in [0, 0.05) is 24.5 Å². The van der Waals surface area contributed by atoms with Crippen molar-refractivity contribution in [2.75, 3.05) is 44.7 Å². The maximum Gasteiger partial charge on any atom is 0.344 e. The van der Waals surface area contributed by atoms with E-state index in [9.17, 15) is 14.7 Å². The van der Waals surface area contributed by atoms with Gasteiger partial charge in [0.2, 0.25) is 5.88 Å². The number of carboxylic acids is 1. The molecular formula is C17H21ClN4O5S2. The number of urea groups is 1. The summed E-state index contributed by atoms with van der Waals surface area (Å²) in [5, 5.41) is 14.9. The zero-order valence-corrected chi connectivity index (χ0v) is 17.9. The lowest BCUT2D eigenvalue weighted by atomic mass is 10.3. The molecule has 0 spiro atoms. The number of rotatable bonds is 9. The number of hydrogen-bond acceptors (Lipinski definition) is 8. The normalized spacial score (nSPS) is 14.5. The van der Waals surface area contributed by atoms with Crippen molar-refractivity contribution in [2.24, 2.45) is 0 Å². The fourth-order valence-electron chi connectivity index (χ4n) is 2.69. The van der Waals surface area contributed by atoms with Crippen LogP contribution in [-0.4, -0.2) is 65.8 Å². The van der Waals surface area contributed by atoms with Crippen LogP contribution in [0.5, 0.6) is 5.88 Å². The molecule has 2 aromatic heterocycles. The van der Waals surface area contributed by atoms with Gasteiger partial charge in [-0.2, -0.15) is 4.37 Å². The number of amides is 2. The Bertz CT molecular complexity index is 838. The highest BCUT2D eigenvalue weighted by atomic mass is 35.5. The topological polar surface area (TPSA) is 113 Å². The minimum absolute atomic E-state index is 0.0327. The number of thiophene rings is 1. The van der Waals surface area contributed by atoms with E-state index in [0.717, 1.165) is 55.7 Å². The predicted octanol–water partition coefficient (Wildman–Crippen LogP) is 2.98. The predicted molar refractivity (Wildman–Crippen MR) is 112 cm³/mol. The number of morpholine rings is 1. The van der Waals surface area contributed by atoms with Crippen molar-refractivity contribution >= 4 is 51.5 Å². The number of nitrogens with one attached hydrogen (secondary N) is 2. The van der Waals surface area contributed by atoms with E-state index in [1.54, 1.807) is 12.1 Å². The highest BCUT2D eigenvalue weighted by Crippen LogP contribution is 2.32. The Labute approximate surface area is 180 Å². The van der Waals surface area contributed by atoms with Gasteiger partial charge in [0.15, 0.2) is 5.56 Å². The lowest BCUT2D eigenvalue weighted by molar-refractivity contribution is 0.0375. The summed E-state index contributed by atoms with van der Waals surface area (Å²) in [5.41, 5.74) is -0.166. The fourth-order valence-corrected chi connectivity index (χ4v) is 4.42. The Morgan fingerprint density at radius 1 is 1.34 bits per heavy atom. The molecule has 1 fully saturated rings. The number of aromatic carboxylic acids is 1. The second-order valence-electron chi connectivity index (χ2n) is 6.18. The number of ether oxygens (including phenoxy) is 2. The lowest BCUT2D eigenvalue weighted by Gasteiger charge is -2.26. The molecule has 2 amide bonds. The van der Waals surface area contributed by atoms with Crippen LogP contribution in [0.3, 0.4) is 0 Å². The Morgan fingerprint density at radius 2 is 2.14 bits per heavy atom. The Balaban J connectivity index is 1.48. The van der Waals surface area contributed by atoms with E-state index in [2.05, 4.69) is 19.9 Å². The summed E-state index contributed by atoms with van der Waals surface area (Å²) in [5.74, 6) is -1.25. The van der Waals surface area contributed by atoms with Crippen molar-refractivity contribution in [3.8, 4) is 5.88 Å². The summed E-state index contributed by atoms with van der Waals surface area (Å²) in [6, 6.07) is 3.05. The molecule has 0 unspecified atom stereocenters. The van der Waals surface area contributed by atoms with Gasteiger partial charge in [-0.15, -0.1) is 11.3 Å². The summed E-state index contributed by atoms with van der Waals surface area (Å²) >= 11 is 8.08. The molecule has 0 radical (unpaired) electrons. The van der Waals surface area contributed by atoms with Gasteiger partial charge < -0.3 is 19.9 Å². The molecule has 2 aromatic rings. The average Bonchev–Trinajstić information content (AvgIpc) is 3.30. The first-order valence-corrected chi connectivity index (χ1v) is 10.9. The van der Waals surface area contributed by atoms with Crippen LogP contribution in [0.2, 0.25) is 4.34 Å². The van der Waals surface area contributed by atoms with Gasteiger partial charge in [0.1, 0.15) is 11.6 Å². The third kappa shape index (κ3) is 6.54. The minimum Gasteiger partial charge on any atom is -0.477 e. The largest absolute Gasteiger partial charge is 0.477 e. The van der Waals surface area contributed by atoms with Gasteiger partial charge in [-0.1, -0.05) is 11.6 Å². The van der Waals surface area contributed by atoms with E-state index in [1.807, 2.05) is 0 Å². The number of anilines is 1. The molecule has 3 rings (SSSR count). The molecular weight excluding hydrogens is 440 g/mol. The maximum absolute atomic E-state index is 12.1. The zero-order chi connectivity index (χ0) is 20.6. The fraction of sp³-hybridized carbons (Fsp3) is 0.471. The van der Waals surface area contributed by atoms with E-state index in [1.165, 1.54) is 11.3 Å². The third-order valence-corrected chi connectivity index (χ3v) is 6.07. The van der Waals surface area contributed by atoms with Crippen LogP contribution in [0, 0.1) is 0 Å². The van der Waals surface area contributed by atoms with Gasteiger partial charge in [0.25, 0.3) is 0 Å². The molecule has 0 bridgehead atoms. The van der Waals surface area contributed by atoms with Crippen molar-refractivity contribution in [3.63, 3.8) is 0 Å². The first-order chi connectivity index (χ1) is 14.0. The highest BCUT2D eigenvalue weighted by molar-refractivity contribution is 7.16. The van der Waals surface area contributed by atoms with E-state index >= 15 is 0 Å². The Hall–Kier alpha value is -1.92. The number of aromatic nitrogens is 1. The molecule has 0 saturated carbocycles. The quantitative estimate of drug-likeness (QED) is 0.493. The summed E-state index contributed by atoms with van der Waals surface area (Å²) in [6.45, 7) is 4.77. The first-order valence-electron chi connectivity index (χ1n) is 8.98. The molecule has 158 valence electrons. The maximum atomic E-state index is 12.1. The number of halogens is 1. The van der Waals surface area contributed by atoms with E-state index in [0.29, 0.717) is 10.9 Å². The molecule has 3 N–H and O–H groups in total. The van der Waals surface area contributed by atoms with Crippen LogP contribution in [0.25, 0.3) is 0 Å². The van der Waals surface area contributed by atoms with E-state index in [4.69, 9.17) is 21.1 Å². The molecule has 3 heterocycles. The molecule has 9 nitrogen and oxygen atoms in total. The van der Waals surface area contributed by atoms with Crippen LogP contribution >= 0.6 is 34.5 Å². The third-order valence-electron chi connectivity index (χ3n) is 4.12. The van der Waals surface area contributed by atoms with Gasteiger partial charge >= 0.3 is 12.0 Å². The summed E-state index contributed by atoms with van der Waals surface area (Å²) in [6.07, 6.45) is 0.791. The van der Waals surface area contributed by atoms with Gasteiger partial charge in [-0.3, -0.25) is 10.2 Å². The van der Waals surface area contributed by atoms with Crippen LogP contribution in [0.1, 0.15) is 21.7 Å².